The van der Waals surface area contributed by atoms with E-state index in [2.05, 4.69) is 29.8 Å². The molecule has 0 amide bonds. The van der Waals surface area contributed by atoms with Crippen molar-refractivity contribution in [3.8, 4) is 11.8 Å². The maximum absolute atomic E-state index is 8.73. The largest absolute Gasteiger partial charge is 0.497 e. The second-order valence-electron chi connectivity index (χ2n) is 5.18. The maximum Gasteiger partial charge on any atom is 0.122 e. The Morgan fingerprint density at radius 3 is 2.74 bits per heavy atom. The van der Waals surface area contributed by atoms with Gasteiger partial charge in [-0.25, -0.2) is 0 Å². The molecular weight excluding hydrogens is 238 g/mol. The summed E-state index contributed by atoms with van der Waals surface area (Å²) in [4.78, 5) is 6.81. The zero-order valence-corrected chi connectivity index (χ0v) is 12.3. The van der Waals surface area contributed by atoms with Crippen LogP contribution in [-0.4, -0.2) is 30.1 Å². The zero-order chi connectivity index (χ0) is 14.3. The summed E-state index contributed by atoms with van der Waals surface area (Å²) in [5.74, 6) is 1.41. The fraction of sp³-hybridized carbons (Fsp3) is 0.600. The third-order valence-electron chi connectivity index (χ3n) is 2.76. The fourth-order valence-electron chi connectivity index (χ4n) is 2.09. The molecule has 0 aliphatic carbocycles. The van der Waals surface area contributed by atoms with Gasteiger partial charge in [0.1, 0.15) is 5.75 Å². The molecular formula is C15H23N3O. The molecule has 0 saturated heterocycles. The predicted molar refractivity (Wildman–Crippen MR) is 75.9 cm³/mol. The van der Waals surface area contributed by atoms with Crippen molar-refractivity contribution in [2.45, 2.75) is 33.7 Å². The lowest BCUT2D eigenvalue weighted by Gasteiger charge is -2.23. The standard InChI is InChI=1S/C15H23N3O/c1-12(2)10-18(7-5-6-16)11-14-9-15(19-4)8-13(3)17-14/h8-9,12H,5,7,10-11H2,1-4H3. The number of hydrogen-bond acceptors (Lipinski definition) is 4. The van der Waals surface area contributed by atoms with Crippen molar-refractivity contribution in [3.05, 3.63) is 23.5 Å². The Hall–Kier alpha value is -1.60. The lowest BCUT2D eigenvalue weighted by atomic mass is 10.2. The smallest absolute Gasteiger partial charge is 0.122 e. The second kappa shape index (κ2) is 7.75. The predicted octanol–water partition coefficient (Wildman–Crippen LogP) is 2.77. The van der Waals surface area contributed by atoms with E-state index in [0.29, 0.717) is 12.3 Å². The third kappa shape index (κ3) is 5.71. The van der Waals surface area contributed by atoms with Crippen LogP contribution in [0.4, 0.5) is 0 Å². The van der Waals surface area contributed by atoms with E-state index in [4.69, 9.17) is 10.00 Å². The van der Waals surface area contributed by atoms with Crippen LogP contribution in [0.2, 0.25) is 0 Å². The van der Waals surface area contributed by atoms with E-state index >= 15 is 0 Å². The van der Waals surface area contributed by atoms with Crippen molar-refractivity contribution < 1.29 is 4.74 Å². The van der Waals surface area contributed by atoms with E-state index in [0.717, 1.165) is 36.8 Å². The zero-order valence-electron chi connectivity index (χ0n) is 12.3. The molecule has 0 atom stereocenters. The van der Waals surface area contributed by atoms with Crippen LogP contribution in [0, 0.1) is 24.2 Å². The Kier molecular flexibility index (Phi) is 6.31. The molecule has 0 unspecified atom stereocenters. The van der Waals surface area contributed by atoms with Crippen molar-refractivity contribution in [1.29, 1.82) is 5.26 Å². The highest BCUT2D eigenvalue weighted by molar-refractivity contribution is 5.26. The van der Waals surface area contributed by atoms with Crippen LogP contribution in [0.25, 0.3) is 0 Å². The highest BCUT2D eigenvalue weighted by Crippen LogP contribution is 2.15. The number of hydrogen-bond donors (Lipinski definition) is 0. The van der Waals surface area contributed by atoms with Gasteiger partial charge in [0.2, 0.25) is 0 Å². The lowest BCUT2D eigenvalue weighted by molar-refractivity contribution is 0.238. The van der Waals surface area contributed by atoms with Crippen LogP contribution in [0.15, 0.2) is 12.1 Å². The van der Waals surface area contributed by atoms with Crippen molar-refractivity contribution in [3.63, 3.8) is 0 Å². The second-order valence-corrected chi connectivity index (χ2v) is 5.18. The van der Waals surface area contributed by atoms with Gasteiger partial charge in [-0.15, -0.1) is 0 Å². The summed E-state index contributed by atoms with van der Waals surface area (Å²) in [6.45, 7) is 8.85. The van der Waals surface area contributed by atoms with Crippen LogP contribution in [-0.2, 0) is 6.54 Å². The highest BCUT2D eigenvalue weighted by atomic mass is 16.5. The molecule has 0 bridgehead atoms. The average Bonchev–Trinajstić information content (AvgIpc) is 2.34. The molecule has 0 aliphatic heterocycles. The Morgan fingerprint density at radius 1 is 1.42 bits per heavy atom. The van der Waals surface area contributed by atoms with Gasteiger partial charge in [0.05, 0.1) is 18.9 Å². The Labute approximate surface area is 116 Å². The van der Waals surface area contributed by atoms with E-state index in [1.54, 1.807) is 7.11 Å². The summed E-state index contributed by atoms with van der Waals surface area (Å²) in [7, 11) is 1.67. The monoisotopic (exact) mass is 261 g/mol. The number of rotatable bonds is 7. The van der Waals surface area contributed by atoms with Crippen LogP contribution in [0.3, 0.4) is 0 Å². The van der Waals surface area contributed by atoms with E-state index in [9.17, 15) is 0 Å². The SMILES string of the molecule is COc1cc(C)nc(CN(CCC#N)CC(C)C)c1. The summed E-state index contributed by atoms with van der Waals surface area (Å²) in [5, 5.41) is 8.73. The number of ether oxygens (including phenoxy) is 1. The minimum absolute atomic E-state index is 0.551. The number of pyridine rings is 1. The highest BCUT2D eigenvalue weighted by Gasteiger charge is 2.10. The van der Waals surface area contributed by atoms with Gasteiger partial charge < -0.3 is 4.74 Å². The molecule has 0 spiro atoms. The van der Waals surface area contributed by atoms with E-state index in [1.165, 1.54) is 0 Å². The summed E-state index contributed by atoms with van der Waals surface area (Å²) in [6, 6.07) is 6.09. The molecule has 104 valence electrons. The lowest BCUT2D eigenvalue weighted by Crippen LogP contribution is -2.28. The van der Waals surface area contributed by atoms with Gasteiger partial charge in [0.15, 0.2) is 0 Å². The van der Waals surface area contributed by atoms with Gasteiger partial charge in [0.25, 0.3) is 0 Å². The number of methoxy groups -OCH3 is 1. The molecule has 0 aromatic carbocycles. The Bertz CT molecular complexity index is 438. The quantitative estimate of drug-likeness (QED) is 0.757. The van der Waals surface area contributed by atoms with E-state index in [-0.39, 0.29) is 0 Å². The van der Waals surface area contributed by atoms with Crippen LogP contribution in [0.5, 0.6) is 5.75 Å². The van der Waals surface area contributed by atoms with Gasteiger partial charge in [-0.2, -0.15) is 5.26 Å². The molecule has 0 aliphatic rings. The van der Waals surface area contributed by atoms with Crippen molar-refractivity contribution in [2.24, 2.45) is 5.92 Å². The Morgan fingerprint density at radius 2 is 2.16 bits per heavy atom. The van der Waals surface area contributed by atoms with Gasteiger partial charge in [0, 0.05) is 43.9 Å². The molecule has 4 nitrogen and oxygen atoms in total. The summed E-state index contributed by atoms with van der Waals surface area (Å²) in [5.41, 5.74) is 1.95. The number of aromatic nitrogens is 1. The first-order valence-corrected chi connectivity index (χ1v) is 6.66. The fourth-order valence-corrected chi connectivity index (χ4v) is 2.09. The third-order valence-corrected chi connectivity index (χ3v) is 2.76. The Balaban J connectivity index is 2.77. The molecule has 0 saturated carbocycles. The van der Waals surface area contributed by atoms with Crippen molar-refractivity contribution >= 4 is 0 Å². The van der Waals surface area contributed by atoms with Gasteiger partial charge in [-0.05, 0) is 12.8 Å². The molecule has 0 fully saturated rings. The molecule has 1 rings (SSSR count). The number of nitrogens with zero attached hydrogens (tertiary/aromatic N) is 3. The molecule has 1 heterocycles. The van der Waals surface area contributed by atoms with Crippen LogP contribution in [0.1, 0.15) is 31.7 Å². The summed E-state index contributed by atoms with van der Waals surface area (Å²) < 4.78 is 5.27. The maximum atomic E-state index is 8.73. The molecule has 19 heavy (non-hydrogen) atoms. The van der Waals surface area contributed by atoms with E-state index < -0.39 is 0 Å². The first-order valence-electron chi connectivity index (χ1n) is 6.66. The molecule has 0 radical (unpaired) electrons. The van der Waals surface area contributed by atoms with Gasteiger partial charge in [-0.3, -0.25) is 9.88 Å². The van der Waals surface area contributed by atoms with Gasteiger partial charge >= 0.3 is 0 Å². The number of nitriles is 1. The van der Waals surface area contributed by atoms with Crippen molar-refractivity contribution in [1.82, 2.24) is 9.88 Å². The summed E-state index contributed by atoms with van der Waals surface area (Å²) in [6.07, 6.45) is 0.551. The minimum Gasteiger partial charge on any atom is -0.497 e. The normalized spacial score (nSPS) is 10.8. The van der Waals surface area contributed by atoms with Crippen molar-refractivity contribution in [2.75, 3.05) is 20.2 Å². The summed E-state index contributed by atoms with van der Waals surface area (Å²) >= 11 is 0. The van der Waals surface area contributed by atoms with Gasteiger partial charge in [-0.1, -0.05) is 13.8 Å². The first-order chi connectivity index (χ1) is 9.05. The molecule has 1 aromatic heterocycles. The number of aryl methyl sites for hydroxylation is 1. The average molecular weight is 261 g/mol. The molecule has 1 aromatic rings. The van der Waals surface area contributed by atoms with Crippen LogP contribution < -0.4 is 4.74 Å². The molecule has 4 heteroatoms. The molecule has 0 N–H and O–H groups in total. The van der Waals surface area contributed by atoms with E-state index in [1.807, 2.05) is 19.1 Å². The minimum atomic E-state index is 0.551. The van der Waals surface area contributed by atoms with Crippen LogP contribution >= 0.6 is 0 Å². The topological polar surface area (TPSA) is 49.1 Å². The first kappa shape index (κ1) is 15.5.